The van der Waals surface area contributed by atoms with Gasteiger partial charge in [-0.2, -0.15) is 0 Å². The first kappa shape index (κ1) is 17.7. The molecule has 5 nitrogen and oxygen atoms in total. The van der Waals surface area contributed by atoms with E-state index in [0.29, 0.717) is 5.92 Å². The lowest BCUT2D eigenvalue weighted by Gasteiger charge is -2.37. The predicted octanol–water partition coefficient (Wildman–Crippen LogP) is 1.33. The first-order chi connectivity index (χ1) is 10.6. The van der Waals surface area contributed by atoms with E-state index < -0.39 is 0 Å². The van der Waals surface area contributed by atoms with Crippen LogP contribution in [0.5, 0.6) is 0 Å². The van der Waals surface area contributed by atoms with Crippen LogP contribution in [0.15, 0.2) is 0 Å². The molecule has 5 heteroatoms. The lowest BCUT2D eigenvalue weighted by molar-refractivity contribution is -0.129. The summed E-state index contributed by atoms with van der Waals surface area (Å²) in [7, 11) is 4.12. The van der Waals surface area contributed by atoms with Gasteiger partial charge in [-0.05, 0) is 39.8 Å². The minimum Gasteiger partial charge on any atom is -0.374 e. The quantitative estimate of drug-likeness (QED) is 0.804. The molecular formula is C17H33N3O2. The van der Waals surface area contributed by atoms with Gasteiger partial charge in [0.2, 0.25) is 5.91 Å². The van der Waals surface area contributed by atoms with E-state index >= 15 is 0 Å². The fourth-order valence-corrected chi connectivity index (χ4v) is 3.56. The van der Waals surface area contributed by atoms with Crippen LogP contribution in [0.3, 0.4) is 0 Å². The van der Waals surface area contributed by atoms with Crippen LogP contribution in [-0.2, 0) is 9.53 Å². The van der Waals surface area contributed by atoms with E-state index in [1.165, 1.54) is 32.1 Å². The zero-order chi connectivity index (χ0) is 15.9. The first-order valence-corrected chi connectivity index (χ1v) is 8.84. The molecule has 0 aromatic rings. The third-order valence-electron chi connectivity index (χ3n) is 4.96. The van der Waals surface area contributed by atoms with E-state index in [1.807, 2.05) is 6.92 Å². The summed E-state index contributed by atoms with van der Waals surface area (Å²) in [6.07, 6.45) is 6.77. The number of amides is 1. The molecule has 128 valence electrons. The average molecular weight is 311 g/mol. The molecule has 0 aromatic heterocycles. The fourth-order valence-electron chi connectivity index (χ4n) is 3.56. The summed E-state index contributed by atoms with van der Waals surface area (Å²) >= 11 is 0. The molecule has 0 spiro atoms. The van der Waals surface area contributed by atoms with Crippen molar-refractivity contribution in [1.82, 2.24) is 15.1 Å². The highest BCUT2D eigenvalue weighted by atomic mass is 16.5. The standard InChI is InChI=1S/C17H33N3O2/c1-14(17(21)18-11-15-7-5-4-6-8-15)20-9-10-22-16(13-20)12-19(2)3/h14-16H,4-13H2,1-3H3,(H,18,21)/t14-,16-/m1/s1. The highest BCUT2D eigenvalue weighted by molar-refractivity contribution is 5.81. The number of nitrogens with one attached hydrogen (secondary N) is 1. The molecule has 2 rings (SSSR count). The van der Waals surface area contributed by atoms with Crippen molar-refractivity contribution in [2.75, 3.05) is 46.9 Å². The van der Waals surface area contributed by atoms with Gasteiger partial charge in [0.05, 0.1) is 18.8 Å². The Morgan fingerprint density at radius 3 is 2.73 bits per heavy atom. The summed E-state index contributed by atoms with van der Waals surface area (Å²) < 4.78 is 5.79. The van der Waals surface area contributed by atoms with Crippen molar-refractivity contribution in [2.45, 2.75) is 51.2 Å². The summed E-state index contributed by atoms with van der Waals surface area (Å²) in [4.78, 5) is 16.8. The van der Waals surface area contributed by atoms with Gasteiger partial charge in [0.15, 0.2) is 0 Å². The van der Waals surface area contributed by atoms with Crippen molar-refractivity contribution < 1.29 is 9.53 Å². The van der Waals surface area contributed by atoms with Gasteiger partial charge < -0.3 is 15.0 Å². The lowest BCUT2D eigenvalue weighted by Crippen LogP contribution is -2.54. The van der Waals surface area contributed by atoms with Crippen molar-refractivity contribution in [3.8, 4) is 0 Å². The number of likely N-dealkylation sites (N-methyl/N-ethyl adjacent to an activating group) is 1. The Morgan fingerprint density at radius 2 is 2.05 bits per heavy atom. The van der Waals surface area contributed by atoms with E-state index in [0.717, 1.165) is 32.8 Å². The zero-order valence-corrected chi connectivity index (χ0v) is 14.5. The van der Waals surface area contributed by atoms with Crippen molar-refractivity contribution in [2.24, 2.45) is 5.92 Å². The molecule has 0 bridgehead atoms. The van der Waals surface area contributed by atoms with Crippen LogP contribution in [0.25, 0.3) is 0 Å². The molecule has 0 aromatic carbocycles. The van der Waals surface area contributed by atoms with Crippen LogP contribution >= 0.6 is 0 Å². The number of morpholine rings is 1. The van der Waals surface area contributed by atoms with Gasteiger partial charge >= 0.3 is 0 Å². The largest absolute Gasteiger partial charge is 0.374 e. The van der Waals surface area contributed by atoms with Crippen LogP contribution in [-0.4, -0.2) is 74.7 Å². The molecule has 1 aliphatic heterocycles. The molecule has 2 fully saturated rings. The Morgan fingerprint density at radius 1 is 1.32 bits per heavy atom. The number of ether oxygens (including phenoxy) is 1. The Hall–Kier alpha value is -0.650. The number of hydrogen-bond acceptors (Lipinski definition) is 4. The summed E-state index contributed by atoms with van der Waals surface area (Å²) in [6, 6.07) is -0.0582. The highest BCUT2D eigenvalue weighted by Gasteiger charge is 2.28. The number of carbonyl (C=O) groups excluding carboxylic acids is 1. The Bertz CT molecular complexity index is 343. The smallest absolute Gasteiger partial charge is 0.237 e. The number of nitrogens with zero attached hydrogens (tertiary/aromatic N) is 2. The molecule has 0 radical (unpaired) electrons. The third kappa shape index (κ3) is 5.52. The van der Waals surface area contributed by atoms with E-state index in [4.69, 9.17) is 4.74 Å². The van der Waals surface area contributed by atoms with Crippen LogP contribution in [0, 0.1) is 5.92 Å². The van der Waals surface area contributed by atoms with Gasteiger partial charge in [0.25, 0.3) is 0 Å². The normalized spacial score (nSPS) is 26.1. The van der Waals surface area contributed by atoms with E-state index in [-0.39, 0.29) is 18.1 Å². The van der Waals surface area contributed by atoms with Crippen molar-refractivity contribution in [1.29, 1.82) is 0 Å². The second-order valence-electron chi connectivity index (χ2n) is 7.18. The molecule has 22 heavy (non-hydrogen) atoms. The number of hydrogen-bond donors (Lipinski definition) is 1. The Kier molecular flexibility index (Phi) is 7.12. The SMILES string of the molecule is C[C@H](C(=O)NCC1CCCCC1)N1CCO[C@H](CN(C)C)C1. The topological polar surface area (TPSA) is 44.8 Å². The minimum absolute atomic E-state index is 0.0582. The fraction of sp³-hybridized carbons (Fsp3) is 0.941. The molecule has 2 atom stereocenters. The van der Waals surface area contributed by atoms with Crippen molar-refractivity contribution >= 4 is 5.91 Å². The molecule has 1 N–H and O–H groups in total. The lowest BCUT2D eigenvalue weighted by atomic mass is 9.89. The van der Waals surface area contributed by atoms with Gasteiger partial charge in [0.1, 0.15) is 0 Å². The zero-order valence-electron chi connectivity index (χ0n) is 14.5. The summed E-state index contributed by atoms with van der Waals surface area (Å²) in [5, 5.41) is 3.17. The van der Waals surface area contributed by atoms with Gasteiger partial charge in [0, 0.05) is 26.2 Å². The summed E-state index contributed by atoms with van der Waals surface area (Å²) in [6.45, 7) is 6.20. The molecule has 1 amide bonds. The molecule has 2 aliphatic rings. The van der Waals surface area contributed by atoms with Crippen LogP contribution < -0.4 is 5.32 Å². The van der Waals surface area contributed by atoms with E-state index in [2.05, 4.69) is 29.2 Å². The molecule has 1 saturated heterocycles. The maximum atomic E-state index is 12.4. The van der Waals surface area contributed by atoms with Crippen molar-refractivity contribution in [3.63, 3.8) is 0 Å². The highest BCUT2D eigenvalue weighted by Crippen LogP contribution is 2.22. The van der Waals surface area contributed by atoms with Gasteiger partial charge in [-0.25, -0.2) is 0 Å². The maximum absolute atomic E-state index is 12.4. The van der Waals surface area contributed by atoms with Gasteiger partial charge in [-0.1, -0.05) is 19.3 Å². The monoisotopic (exact) mass is 311 g/mol. The van der Waals surface area contributed by atoms with E-state index in [1.54, 1.807) is 0 Å². The molecule has 1 heterocycles. The molecule has 1 saturated carbocycles. The van der Waals surface area contributed by atoms with Crippen LogP contribution in [0.4, 0.5) is 0 Å². The maximum Gasteiger partial charge on any atom is 0.237 e. The van der Waals surface area contributed by atoms with Crippen LogP contribution in [0.1, 0.15) is 39.0 Å². The van der Waals surface area contributed by atoms with E-state index in [9.17, 15) is 4.79 Å². The molecule has 1 aliphatic carbocycles. The average Bonchev–Trinajstić information content (AvgIpc) is 2.52. The second kappa shape index (κ2) is 8.85. The minimum atomic E-state index is -0.0582. The Balaban J connectivity index is 1.74. The predicted molar refractivity (Wildman–Crippen MR) is 88.9 cm³/mol. The summed E-state index contributed by atoms with van der Waals surface area (Å²) in [5.74, 6) is 0.868. The Labute approximate surface area is 135 Å². The molecular weight excluding hydrogens is 278 g/mol. The summed E-state index contributed by atoms with van der Waals surface area (Å²) in [5.41, 5.74) is 0. The number of rotatable bonds is 6. The van der Waals surface area contributed by atoms with Crippen LogP contribution in [0.2, 0.25) is 0 Å². The van der Waals surface area contributed by atoms with Gasteiger partial charge in [-0.3, -0.25) is 9.69 Å². The molecule has 0 unspecified atom stereocenters. The van der Waals surface area contributed by atoms with Gasteiger partial charge in [-0.15, -0.1) is 0 Å². The first-order valence-electron chi connectivity index (χ1n) is 8.84. The number of carbonyl (C=O) groups is 1. The third-order valence-corrected chi connectivity index (χ3v) is 4.96. The second-order valence-corrected chi connectivity index (χ2v) is 7.18. The van der Waals surface area contributed by atoms with Crippen molar-refractivity contribution in [3.05, 3.63) is 0 Å².